The summed E-state index contributed by atoms with van der Waals surface area (Å²) in [6.07, 6.45) is 8.49. The molecule has 1 aliphatic heterocycles. The molecule has 0 saturated carbocycles. The molecule has 0 aliphatic carbocycles. The number of benzene rings is 1. The number of methoxy groups -OCH3 is 1. The number of carbonyl (C=O) groups is 1. The van der Waals surface area contributed by atoms with Gasteiger partial charge in [0, 0.05) is 12.6 Å². The molecule has 0 bridgehead atoms. The summed E-state index contributed by atoms with van der Waals surface area (Å²) in [6, 6.07) is 7.43. The van der Waals surface area contributed by atoms with E-state index in [4.69, 9.17) is 25.5 Å². The molecule has 3 rings (SSSR count). The van der Waals surface area contributed by atoms with E-state index in [-0.39, 0.29) is 11.9 Å². The molecule has 1 atom stereocenters. The van der Waals surface area contributed by atoms with Crippen molar-refractivity contribution in [1.82, 2.24) is 10.2 Å². The van der Waals surface area contributed by atoms with E-state index >= 15 is 0 Å². The number of likely N-dealkylation sites (tertiary alicyclic amines) is 1. The minimum absolute atomic E-state index is 0.0395. The van der Waals surface area contributed by atoms with Gasteiger partial charge in [0.2, 0.25) is 5.91 Å². The average molecular weight is 433 g/mol. The molecule has 1 fully saturated rings. The predicted molar refractivity (Wildman–Crippen MR) is 118 cm³/mol. The highest BCUT2D eigenvalue weighted by molar-refractivity contribution is 6.32. The van der Waals surface area contributed by atoms with E-state index in [9.17, 15) is 4.79 Å². The first-order valence-corrected chi connectivity index (χ1v) is 10.7. The van der Waals surface area contributed by atoms with Gasteiger partial charge in [-0.25, -0.2) is 0 Å². The lowest BCUT2D eigenvalue weighted by molar-refractivity contribution is -0.116. The fourth-order valence-electron chi connectivity index (χ4n) is 3.67. The lowest BCUT2D eigenvalue weighted by atomic mass is 10.1. The van der Waals surface area contributed by atoms with Gasteiger partial charge in [-0.15, -0.1) is 0 Å². The first kappa shape index (κ1) is 22.2. The smallest absolute Gasteiger partial charge is 0.244 e. The van der Waals surface area contributed by atoms with Crippen LogP contribution < -0.4 is 14.8 Å². The van der Waals surface area contributed by atoms with Crippen LogP contribution in [0.25, 0.3) is 6.08 Å². The zero-order valence-electron chi connectivity index (χ0n) is 17.5. The zero-order chi connectivity index (χ0) is 21.3. The van der Waals surface area contributed by atoms with Crippen LogP contribution in [0.2, 0.25) is 5.02 Å². The Kier molecular flexibility index (Phi) is 8.22. The summed E-state index contributed by atoms with van der Waals surface area (Å²) in [5, 5.41) is 3.44. The Balaban J connectivity index is 1.64. The highest BCUT2D eigenvalue weighted by Gasteiger charge is 2.24. The Bertz CT molecular complexity index is 845. The number of carbonyl (C=O) groups excluding carboxylic acids is 1. The van der Waals surface area contributed by atoms with Gasteiger partial charge in [-0.3, -0.25) is 9.69 Å². The largest absolute Gasteiger partial charge is 0.493 e. The molecule has 1 aromatic heterocycles. The molecule has 0 spiro atoms. The van der Waals surface area contributed by atoms with Crippen LogP contribution in [0.5, 0.6) is 11.5 Å². The molecule has 1 unspecified atom stereocenters. The van der Waals surface area contributed by atoms with Crippen LogP contribution in [-0.2, 0) is 4.79 Å². The SMILES string of the molecule is CCOc1c(Cl)cc(C=CC(=O)NCC(c2ccco2)N2CCCCC2)cc1OC. The average Bonchev–Trinajstić information content (AvgIpc) is 3.29. The third-order valence-corrected chi connectivity index (χ3v) is 5.42. The summed E-state index contributed by atoms with van der Waals surface area (Å²) >= 11 is 6.30. The maximum absolute atomic E-state index is 12.4. The van der Waals surface area contributed by atoms with E-state index in [1.165, 1.54) is 25.3 Å². The second-order valence-electron chi connectivity index (χ2n) is 7.17. The van der Waals surface area contributed by atoms with Crippen LogP contribution in [0, 0.1) is 0 Å². The quantitative estimate of drug-likeness (QED) is 0.582. The summed E-state index contributed by atoms with van der Waals surface area (Å²) in [7, 11) is 1.56. The summed E-state index contributed by atoms with van der Waals surface area (Å²) in [5.41, 5.74) is 0.758. The third kappa shape index (κ3) is 5.80. The lowest BCUT2D eigenvalue weighted by Crippen LogP contribution is -2.40. The van der Waals surface area contributed by atoms with Gasteiger partial charge in [0.05, 0.1) is 31.0 Å². The predicted octanol–water partition coefficient (Wildman–Crippen LogP) is 4.70. The number of hydrogen-bond acceptors (Lipinski definition) is 5. The molecule has 30 heavy (non-hydrogen) atoms. The first-order valence-electron chi connectivity index (χ1n) is 10.4. The number of nitrogens with one attached hydrogen (secondary N) is 1. The van der Waals surface area contributed by atoms with Crippen LogP contribution in [0.4, 0.5) is 0 Å². The van der Waals surface area contributed by atoms with Gasteiger partial charge >= 0.3 is 0 Å². The van der Waals surface area contributed by atoms with E-state index in [0.29, 0.717) is 29.7 Å². The number of halogens is 1. The van der Waals surface area contributed by atoms with Gasteiger partial charge in [-0.1, -0.05) is 18.0 Å². The number of rotatable bonds is 9. The molecule has 162 valence electrons. The monoisotopic (exact) mass is 432 g/mol. The van der Waals surface area contributed by atoms with Crippen molar-refractivity contribution in [3.8, 4) is 11.5 Å². The fourth-order valence-corrected chi connectivity index (χ4v) is 3.94. The molecular weight excluding hydrogens is 404 g/mol. The van der Waals surface area contributed by atoms with Crippen molar-refractivity contribution in [2.24, 2.45) is 0 Å². The van der Waals surface area contributed by atoms with Crippen LogP contribution in [0.1, 0.15) is 43.6 Å². The maximum atomic E-state index is 12.4. The normalized spacial score (nSPS) is 15.8. The topological polar surface area (TPSA) is 63.9 Å². The Morgan fingerprint density at radius 1 is 1.33 bits per heavy atom. The number of hydrogen-bond donors (Lipinski definition) is 1. The van der Waals surface area contributed by atoms with Crippen molar-refractivity contribution in [2.75, 3.05) is 33.4 Å². The number of amides is 1. The van der Waals surface area contributed by atoms with Crippen LogP contribution in [0.3, 0.4) is 0 Å². The zero-order valence-corrected chi connectivity index (χ0v) is 18.3. The van der Waals surface area contributed by atoms with Gasteiger partial charge < -0.3 is 19.2 Å². The van der Waals surface area contributed by atoms with Crippen LogP contribution in [-0.4, -0.2) is 44.2 Å². The van der Waals surface area contributed by atoms with Crippen molar-refractivity contribution >= 4 is 23.6 Å². The number of piperidine rings is 1. The number of furan rings is 1. The molecule has 0 radical (unpaired) electrons. The van der Waals surface area contributed by atoms with Gasteiger partial charge in [0.15, 0.2) is 11.5 Å². The molecule has 7 heteroatoms. The molecule has 2 aromatic rings. The van der Waals surface area contributed by atoms with Gasteiger partial charge in [-0.05, 0) is 68.8 Å². The van der Waals surface area contributed by atoms with E-state index in [0.717, 1.165) is 24.4 Å². The minimum Gasteiger partial charge on any atom is -0.493 e. The Hall–Kier alpha value is -2.44. The van der Waals surface area contributed by atoms with Gasteiger partial charge in [0.25, 0.3) is 0 Å². The molecule has 2 heterocycles. The Morgan fingerprint density at radius 3 is 2.80 bits per heavy atom. The van der Waals surface area contributed by atoms with Crippen LogP contribution in [0.15, 0.2) is 41.0 Å². The van der Waals surface area contributed by atoms with Crippen molar-refractivity contribution in [2.45, 2.75) is 32.2 Å². The van der Waals surface area contributed by atoms with Crippen LogP contribution >= 0.6 is 11.6 Å². The van der Waals surface area contributed by atoms with Gasteiger partial charge in [0.1, 0.15) is 5.76 Å². The van der Waals surface area contributed by atoms with Crippen molar-refractivity contribution < 1.29 is 18.7 Å². The van der Waals surface area contributed by atoms with E-state index in [2.05, 4.69) is 10.2 Å². The van der Waals surface area contributed by atoms with E-state index < -0.39 is 0 Å². The second-order valence-corrected chi connectivity index (χ2v) is 7.58. The van der Waals surface area contributed by atoms with Crippen molar-refractivity contribution in [3.05, 3.63) is 53.0 Å². The fraction of sp³-hybridized carbons (Fsp3) is 0.435. The van der Waals surface area contributed by atoms with E-state index in [1.807, 2.05) is 19.1 Å². The standard InChI is InChI=1S/C23H29ClN2O4/c1-3-29-23-18(24)14-17(15-21(23)28-2)9-10-22(27)25-16-19(20-8-7-13-30-20)26-11-5-4-6-12-26/h7-10,13-15,19H,3-6,11-12,16H2,1-2H3,(H,25,27). The third-order valence-electron chi connectivity index (χ3n) is 5.14. The minimum atomic E-state index is -0.174. The molecule has 1 aromatic carbocycles. The molecular formula is C23H29ClN2O4. The first-order chi connectivity index (χ1) is 14.6. The molecule has 1 aliphatic rings. The lowest BCUT2D eigenvalue weighted by Gasteiger charge is -2.33. The summed E-state index contributed by atoms with van der Waals surface area (Å²) < 4.78 is 16.5. The molecule has 1 saturated heterocycles. The summed E-state index contributed by atoms with van der Waals surface area (Å²) in [6.45, 7) is 4.89. The Morgan fingerprint density at radius 2 is 2.13 bits per heavy atom. The maximum Gasteiger partial charge on any atom is 0.244 e. The summed E-state index contributed by atoms with van der Waals surface area (Å²) in [5.74, 6) is 1.75. The number of nitrogens with zero attached hydrogens (tertiary/aromatic N) is 1. The molecule has 6 nitrogen and oxygen atoms in total. The highest BCUT2D eigenvalue weighted by atomic mass is 35.5. The Labute approximate surface area is 182 Å². The van der Waals surface area contributed by atoms with Crippen molar-refractivity contribution in [1.29, 1.82) is 0 Å². The molecule has 1 N–H and O–H groups in total. The molecule has 1 amide bonds. The van der Waals surface area contributed by atoms with Crippen molar-refractivity contribution in [3.63, 3.8) is 0 Å². The summed E-state index contributed by atoms with van der Waals surface area (Å²) in [4.78, 5) is 14.8. The number of ether oxygens (including phenoxy) is 2. The highest BCUT2D eigenvalue weighted by Crippen LogP contribution is 2.36. The van der Waals surface area contributed by atoms with E-state index in [1.54, 1.807) is 31.6 Å². The second kappa shape index (κ2) is 11.1. The van der Waals surface area contributed by atoms with Gasteiger partial charge in [-0.2, -0.15) is 0 Å².